The Hall–Kier alpha value is -3.77. The maximum atomic E-state index is 4.71. The smallest absolute Gasteiger partial charge is 0.139 e. The van der Waals surface area contributed by atoms with E-state index in [1.807, 2.05) is 6.20 Å². The molecule has 5 aromatic rings. The Kier molecular flexibility index (Phi) is 4.80. The summed E-state index contributed by atoms with van der Waals surface area (Å²) in [5, 5.41) is 2.21. The number of hydrogen-bond acceptors (Lipinski definition) is 5. The van der Waals surface area contributed by atoms with Crippen LogP contribution in [0.5, 0.6) is 0 Å². The molecule has 33 heavy (non-hydrogen) atoms. The number of nitrogens with one attached hydrogen (secondary N) is 1. The summed E-state index contributed by atoms with van der Waals surface area (Å²) in [6.07, 6.45) is 5.68. The first-order valence-corrected chi connectivity index (χ1v) is 11.4. The third-order valence-electron chi connectivity index (χ3n) is 6.72. The van der Waals surface area contributed by atoms with E-state index in [0.717, 1.165) is 70.6 Å². The predicted molar refractivity (Wildman–Crippen MR) is 135 cm³/mol. The highest BCUT2D eigenvalue weighted by atomic mass is 15.3. The zero-order chi connectivity index (χ0) is 22.4. The van der Waals surface area contributed by atoms with Gasteiger partial charge < -0.3 is 14.8 Å². The van der Waals surface area contributed by atoms with Gasteiger partial charge in [-0.25, -0.2) is 15.0 Å². The average molecular weight is 435 g/mol. The van der Waals surface area contributed by atoms with Crippen molar-refractivity contribution in [2.45, 2.75) is 6.92 Å². The lowest BCUT2D eigenvalue weighted by Crippen LogP contribution is -2.44. The second-order valence-corrected chi connectivity index (χ2v) is 8.86. The van der Waals surface area contributed by atoms with Crippen molar-refractivity contribution in [2.24, 2.45) is 0 Å². The van der Waals surface area contributed by atoms with Gasteiger partial charge in [0.2, 0.25) is 0 Å². The number of aryl methyl sites for hydroxylation is 1. The van der Waals surface area contributed by atoms with Gasteiger partial charge in [-0.05, 0) is 48.9 Å². The average Bonchev–Trinajstić information content (AvgIpc) is 3.27. The molecule has 164 valence electrons. The number of nitrogens with zero attached hydrogens (tertiary/aromatic N) is 5. The molecule has 0 amide bonds. The maximum absolute atomic E-state index is 4.71. The quantitative estimate of drug-likeness (QED) is 0.438. The van der Waals surface area contributed by atoms with Crippen molar-refractivity contribution >= 4 is 27.8 Å². The van der Waals surface area contributed by atoms with Crippen molar-refractivity contribution < 1.29 is 0 Å². The molecule has 1 fully saturated rings. The number of hydrogen-bond donors (Lipinski definition) is 1. The second kappa shape index (κ2) is 7.98. The lowest BCUT2D eigenvalue weighted by Gasteiger charge is -2.33. The van der Waals surface area contributed by atoms with Crippen LogP contribution in [0.2, 0.25) is 0 Å². The summed E-state index contributed by atoms with van der Waals surface area (Å²) in [5.74, 6) is 1.02. The number of anilines is 1. The third-order valence-corrected chi connectivity index (χ3v) is 6.72. The number of likely N-dealkylation sites (N-methyl/N-ethyl adjacent to an activating group) is 1. The van der Waals surface area contributed by atoms with Gasteiger partial charge in [-0.3, -0.25) is 0 Å². The first kappa shape index (κ1) is 19.9. The van der Waals surface area contributed by atoms with Crippen LogP contribution in [0.4, 0.5) is 5.82 Å². The summed E-state index contributed by atoms with van der Waals surface area (Å²) in [7, 11) is 2.17. The van der Waals surface area contributed by atoms with Crippen LogP contribution in [0.15, 0.2) is 67.3 Å². The second-order valence-electron chi connectivity index (χ2n) is 8.86. The van der Waals surface area contributed by atoms with Gasteiger partial charge in [0.1, 0.15) is 17.8 Å². The normalized spacial score (nSPS) is 14.9. The van der Waals surface area contributed by atoms with E-state index >= 15 is 0 Å². The number of pyridine rings is 1. The minimum Gasteiger partial charge on any atom is -0.353 e. The monoisotopic (exact) mass is 434 g/mol. The third kappa shape index (κ3) is 3.52. The van der Waals surface area contributed by atoms with Crippen molar-refractivity contribution in [3.63, 3.8) is 0 Å². The van der Waals surface area contributed by atoms with Gasteiger partial charge in [0.25, 0.3) is 0 Å². The highest BCUT2D eigenvalue weighted by Gasteiger charge is 2.19. The Balaban J connectivity index is 1.46. The Bertz CT molecular complexity index is 1460. The van der Waals surface area contributed by atoms with E-state index in [9.17, 15) is 0 Å². The van der Waals surface area contributed by atoms with Crippen LogP contribution in [-0.4, -0.2) is 58.1 Å². The number of aromatic nitrogens is 4. The SMILES string of the molecule is Cc1ccccc1-c1cnc2[nH]cc(-c3ccc4ncnc(N5CCN(C)CC5)c4c3)c2c1. The van der Waals surface area contributed by atoms with E-state index in [2.05, 4.69) is 93.5 Å². The largest absolute Gasteiger partial charge is 0.353 e. The molecule has 0 bridgehead atoms. The molecule has 0 radical (unpaired) electrons. The van der Waals surface area contributed by atoms with E-state index in [1.54, 1.807) is 6.33 Å². The summed E-state index contributed by atoms with van der Waals surface area (Å²) >= 11 is 0. The number of fused-ring (bicyclic) bond motifs is 2. The Morgan fingerprint density at radius 2 is 1.64 bits per heavy atom. The lowest BCUT2D eigenvalue weighted by molar-refractivity contribution is 0.312. The first-order valence-electron chi connectivity index (χ1n) is 11.4. The number of benzene rings is 2. The number of piperazine rings is 1. The van der Waals surface area contributed by atoms with Crippen LogP contribution in [-0.2, 0) is 0 Å². The minimum atomic E-state index is 0.894. The van der Waals surface area contributed by atoms with E-state index in [0.29, 0.717) is 0 Å². The Labute approximate surface area is 192 Å². The molecule has 0 aliphatic carbocycles. The molecule has 4 heterocycles. The molecule has 6 rings (SSSR count). The van der Waals surface area contributed by atoms with Crippen LogP contribution >= 0.6 is 0 Å². The van der Waals surface area contributed by atoms with Crippen LogP contribution < -0.4 is 4.90 Å². The van der Waals surface area contributed by atoms with E-state index < -0.39 is 0 Å². The van der Waals surface area contributed by atoms with E-state index in [4.69, 9.17) is 4.98 Å². The summed E-state index contributed by atoms with van der Waals surface area (Å²) in [5.41, 5.74) is 7.74. The highest BCUT2D eigenvalue weighted by molar-refractivity contribution is 6.00. The van der Waals surface area contributed by atoms with Crippen molar-refractivity contribution in [1.82, 2.24) is 24.8 Å². The molecular weight excluding hydrogens is 408 g/mol. The predicted octanol–water partition coefficient (Wildman–Crippen LogP) is 4.90. The minimum absolute atomic E-state index is 0.894. The van der Waals surface area contributed by atoms with Gasteiger partial charge in [0, 0.05) is 60.5 Å². The molecule has 6 heteroatoms. The van der Waals surface area contributed by atoms with Gasteiger partial charge in [-0.2, -0.15) is 0 Å². The van der Waals surface area contributed by atoms with Gasteiger partial charge in [0.05, 0.1) is 5.52 Å². The van der Waals surface area contributed by atoms with E-state index in [1.165, 1.54) is 11.1 Å². The molecule has 3 aromatic heterocycles. The molecule has 1 saturated heterocycles. The van der Waals surface area contributed by atoms with Gasteiger partial charge >= 0.3 is 0 Å². The van der Waals surface area contributed by atoms with Crippen molar-refractivity contribution in [1.29, 1.82) is 0 Å². The molecule has 2 aromatic carbocycles. The molecule has 1 aliphatic heterocycles. The fourth-order valence-electron chi connectivity index (χ4n) is 4.77. The molecule has 1 N–H and O–H groups in total. The highest BCUT2D eigenvalue weighted by Crippen LogP contribution is 2.34. The summed E-state index contributed by atoms with van der Waals surface area (Å²) in [6, 6.07) is 17.2. The maximum Gasteiger partial charge on any atom is 0.139 e. The van der Waals surface area contributed by atoms with Crippen molar-refractivity contribution in [2.75, 3.05) is 38.1 Å². The first-order chi connectivity index (χ1) is 16.2. The van der Waals surface area contributed by atoms with Crippen LogP contribution in [0.1, 0.15) is 5.56 Å². The van der Waals surface area contributed by atoms with Gasteiger partial charge in [-0.1, -0.05) is 30.3 Å². The zero-order valence-electron chi connectivity index (χ0n) is 18.9. The van der Waals surface area contributed by atoms with Crippen molar-refractivity contribution in [3.05, 3.63) is 72.8 Å². The molecule has 1 aliphatic rings. The van der Waals surface area contributed by atoms with Gasteiger partial charge in [0.15, 0.2) is 0 Å². The number of H-pyrrole nitrogens is 1. The number of rotatable bonds is 3. The molecular formula is C27H26N6. The summed E-state index contributed by atoms with van der Waals surface area (Å²) < 4.78 is 0. The number of aromatic amines is 1. The fraction of sp³-hybridized carbons (Fsp3) is 0.222. The lowest BCUT2D eigenvalue weighted by atomic mass is 9.99. The Morgan fingerprint density at radius 3 is 2.48 bits per heavy atom. The molecule has 0 atom stereocenters. The zero-order valence-corrected chi connectivity index (χ0v) is 18.9. The Morgan fingerprint density at radius 1 is 0.818 bits per heavy atom. The van der Waals surface area contributed by atoms with Crippen LogP contribution in [0.25, 0.3) is 44.2 Å². The molecule has 0 unspecified atom stereocenters. The molecule has 0 spiro atoms. The standard InChI is InChI=1S/C27H26N6/c1-18-5-3-4-6-21(18)20-14-22-24(16-29-26(22)28-15-20)19-7-8-25-23(13-19)27(31-17-30-25)33-11-9-32(2)10-12-33/h3-8,13-17H,9-12H2,1-2H3,(H,28,29). The van der Waals surface area contributed by atoms with Crippen LogP contribution in [0.3, 0.4) is 0 Å². The molecule has 0 saturated carbocycles. The van der Waals surface area contributed by atoms with Gasteiger partial charge in [-0.15, -0.1) is 0 Å². The van der Waals surface area contributed by atoms with E-state index in [-0.39, 0.29) is 0 Å². The topological polar surface area (TPSA) is 60.9 Å². The molecule has 6 nitrogen and oxygen atoms in total. The fourth-order valence-corrected chi connectivity index (χ4v) is 4.77. The summed E-state index contributed by atoms with van der Waals surface area (Å²) in [4.78, 5) is 22.0. The van der Waals surface area contributed by atoms with Crippen molar-refractivity contribution in [3.8, 4) is 22.3 Å². The summed E-state index contributed by atoms with van der Waals surface area (Å²) in [6.45, 7) is 6.18. The van der Waals surface area contributed by atoms with Crippen LogP contribution in [0, 0.1) is 6.92 Å².